The number of nitrogens with one attached hydrogen (secondary N) is 1. The van der Waals surface area contributed by atoms with Crippen LogP contribution in [0.15, 0.2) is 24.4 Å². The summed E-state index contributed by atoms with van der Waals surface area (Å²) < 4.78 is 0. The molecule has 1 aliphatic heterocycles. The highest BCUT2D eigenvalue weighted by Gasteiger charge is 2.46. The zero-order valence-corrected chi connectivity index (χ0v) is 12.2. The summed E-state index contributed by atoms with van der Waals surface area (Å²) in [5.41, 5.74) is 0.341. The van der Waals surface area contributed by atoms with E-state index in [1.807, 2.05) is 18.2 Å². The van der Waals surface area contributed by atoms with E-state index in [-0.39, 0.29) is 17.7 Å². The summed E-state index contributed by atoms with van der Waals surface area (Å²) in [5, 5.41) is 2.57. The first-order valence-corrected chi connectivity index (χ1v) is 7.39. The van der Waals surface area contributed by atoms with Crippen LogP contribution in [0.2, 0.25) is 0 Å². The number of rotatable bonds is 5. The molecule has 4 heteroatoms. The Hall–Kier alpha value is -1.71. The summed E-state index contributed by atoms with van der Waals surface area (Å²) in [6, 6.07) is 5.58. The number of nitrogens with zero attached hydrogens (tertiary/aromatic N) is 1. The van der Waals surface area contributed by atoms with E-state index in [0.29, 0.717) is 6.42 Å². The summed E-state index contributed by atoms with van der Waals surface area (Å²) >= 11 is 0. The number of hydrogen-bond donors (Lipinski definition) is 1. The molecule has 2 rings (SSSR count). The van der Waals surface area contributed by atoms with Gasteiger partial charge in [0.1, 0.15) is 0 Å². The predicted molar refractivity (Wildman–Crippen MR) is 77.0 cm³/mol. The SMILES string of the molecule is CCCC1(CCC)CC(c2ccccn2)C(=O)NC1=O. The lowest BCUT2D eigenvalue weighted by molar-refractivity contribution is -0.144. The van der Waals surface area contributed by atoms with Gasteiger partial charge in [0.15, 0.2) is 0 Å². The number of piperidine rings is 1. The van der Waals surface area contributed by atoms with E-state index in [4.69, 9.17) is 0 Å². The van der Waals surface area contributed by atoms with Crippen LogP contribution in [0.25, 0.3) is 0 Å². The Balaban J connectivity index is 2.31. The van der Waals surface area contributed by atoms with Gasteiger partial charge in [-0.25, -0.2) is 0 Å². The van der Waals surface area contributed by atoms with Crippen molar-refractivity contribution in [3.05, 3.63) is 30.1 Å². The summed E-state index contributed by atoms with van der Waals surface area (Å²) in [6.07, 6.45) is 5.80. The fourth-order valence-corrected chi connectivity index (χ4v) is 3.24. The molecule has 0 radical (unpaired) electrons. The molecule has 20 heavy (non-hydrogen) atoms. The molecule has 1 aliphatic rings. The van der Waals surface area contributed by atoms with Gasteiger partial charge in [-0.1, -0.05) is 32.8 Å². The molecule has 2 amide bonds. The number of hydrogen-bond acceptors (Lipinski definition) is 3. The Bertz CT molecular complexity index is 479. The van der Waals surface area contributed by atoms with Gasteiger partial charge in [-0.3, -0.25) is 19.9 Å². The van der Waals surface area contributed by atoms with Gasteiger partial charge in [0.25, 0.3) is 0 Å². The Kier molecular flexibility index (Phi) is 4.53. The molecule has 4 nitrogen and oxygen atoms in total. The highest BCUT2D eigenvalue weighted by Crippen LogP contribution is 2.42. The Morgan fingerprint density at radius 1 is 1.25 bits per heavy atom. The van der Waals surface area contributed by atoms with Crippen LogP contribution >= 0.6 is 0 Å². The smallest absolute Gasteiger partial charge is 0.235 e. The first-order chi connectivity index (χ1) is 9.63. The quantitative estimate of drug-likeness (QED) is 0.840. The van der Waals surface area contributed by atoms with Crippen LogP contribution in [-0.4, -0.2) is 16.8 Å². The van der Waals surface area contributed by atoms with Crippen LogP contribution < -0.4 is 5.32 Å². The molecular weight excluding hydrogens is 252 g/mol. The third kappa shape index (κ3) is 2.74. The Morgan fingerprint density at radius 3 is 2.50 bits per heavy atom. The zero-order valence-electron chi connectivity index (χ0n) is 12.2. The van der Waals surface area contributed by atoms with Gasteiger partial charge in [0.05, 0.1) is 17.0 Å². The minimum atomic E-state index is -0.417. The number of pyridine rings is 1. The Labute approximate surface area is 120 Å². The van der Waals surface area contributed by atoms with Crippen LogP contribution in [0, 0.1) is 5.41 Å². The highest BCUT2D eigenvalue weighted by molar-refractivity contribution is 6.03. The molecular formula is C16H22N2O2. The second-order valence-corrected chi connectivity index (χ2v) is 5.61. The van der Waals surface area contributed by atoms with Crippen molar-refractivity contribution >= 4 is 11.8 Å². The lowest BCUT2D eigenvalue weighted by atomic mass is 9.69. The summed E-state index contributed by atoms with van der Waals surface area (Å²) in [6.45, 7) is 4.16. The number of aromatic nitrogens is 1. The molecule has 2 heterocycles. The van der Waals surface area contributed by atoms with E-state index in [1.165, 1.54) is 0 Å². The minimum absolute atomic E-state index is 0.0987. The van der Waals surface area contributed by atoms with Gasteiger partial charge in [0, 0.05) is 6.20 Å². The molecule has 0 aromatic carbocycles. The zero-order chi connectivity index (χ0) is 14.6. The summed E-state index contributed by atoms with van der Waals surface area (Å²) in [4.78, 5) is 28.8. The van der Waals surface area contributed by atoms with Crippen molar-refractivity contribution in [2.45, 2.75) is 51.9 Å². The first-order valence-electron chi connectivity index (χ1n) is 7.39. The summed E-state index contributed by atoms with van der Waals surface area (Å²) in [7, 11) is 0. The van der Waals surface area contributed by atoms with E-state index in [1.54, 1.807) is 6.20 Å². The Morgan fingerprint density at radius 2 is 1.95 bits per heavy atom. The molecule has 1 aromatic rings. The molecule has 108 valence electrons. The fraction of sp³-hybridized carbons (Fsp3) is 0.562. The normalized spacial score (nSPS) is 21.6. The van der Waals surface area contributed by atoms with E-state index < -0.39 is 5.41 Å². The number of imide groups is 1. The third-order valence-corrected chi connectivity index (χ3v) is 4.13. The van der Waals surface area contributed by atoms with Crippen LogP contribution in [-0.2, 0) is 9.59 Å². The molecule has 1 fully saturated rings. The predicted octanol–water partition coefficient (Wildman–Crippen LogP) is 2.80. The molecule has 0 aliphatic carbocycles. The standard InChI is InChI=1S/C16H22N2O2/c1-3-8-16(9-4-2)11-12(14(19)18-15(16)20)13-7-5-6-10-17-13/h5-7,10,12H,3-4,8-9,11H2,1-2H3,(H,18,19,20). The number of carbonyl (C=O) groups excluding carboxylic acids is 2. The van der Waals surface area contributed by atoms with Crippen molar-refractivity contribution in [1.29, 1.82) is 0 Å². The molecule has 0 saturated carbocycles. The maximum atomic E-state index is 12.3. The second kappa shape index (κ2) is 6.16. The molecule has 0 bridgehead atoms. The van der Waals surface area contributed by atoms with Gasteiger partial charge in [-0.2, -0.15) is 0 Å². The van der Waals surface area contributed by atoms with Gasteiger partial charge in [-0.15, -0.1) is 0 Å². The van der Waals surface area contributed by atoms with E-state index in [0.717, 1.165) is 31.4 Å². The van der Waals surface area contributed by atoms with Crippen LogP contribution in [0.5, 0.6) is 0 Å². The monoisotopic (exact) mass is 274 g/mol. The van der Waals surface area contributed by atoms with Crippen molar-refractivity contribution in [3.63, 3.8) is 0 Å². The van der Waals surface area contributed by atoms with Gasteiger partial charge in [-0.05, 0) is 31.4 Å². The largest absolute Gasteiger partial charge is 0.295 e. The van der Waals surface area contributed by atoms with Crippen LogP contribution in [0.4, 0.5) is 0 Å². The lowest BCUT2D eigenvalue weighted by Crippen LogP contribution is -2.52. The van der Waals surface area contributed by atoms with Crippen molar-refractivity contribution in [1.82, 2.24) is 10.3 Å². The van der Waals surface area contributed by atoms with Crippen molar-refractivity contribution in [3.8, 4) is 0 Å². The van der Waals surface area contributed by atoms with Gasteiger partial charge in [0.2, 0.25) is 11.8 Å². The lowest BCUT2D eigenvalue weighted by Gasteiger charge is -2.38. The van der Waals surface area contributed by atoms with Crippen LogP contribution in [0.1, 0.15) is 57.6 Å². The molecule has 1 N–H and O–H groups in total. The average Bonchev–Trinajstić information content (AvgIpc) is 2.44. The molecule has 1 saturated heterocycles. The molecule has 0 spiro atoms. The fourth-order valence-electron chi connectivity index (χ4n) is 3.24. The summed E-state index contributed by atoms with van der Waals surface area (Å²) in [5.74, 6) is -0.623. The van der Waals surface area contributed by atoms with Crippen molar-refractivity contribution in [2.75, 3.05) is 0 Å². The van der Waals surface area contributed by atoms with Gasteiger partial charge < -0.3 is 0 Å². The minimum Gasteiger partial charge on any atom is -0.295 e. The van der Waals surface area contributed by atoms with Crippen LogP contribution in [0.3, 0.4) is 0 Å². The van der Waals surface area contributed by atoms with E-state index in [2.05, 4.69) is 24.1 Å². The molecule has 1 unspecified atom stereocenters. The molecule has 1 atom stereocenters. The van der Waals surface area contributed by atoms with E-state index >= 15 is 0 Å². The van der Waals surface area contributed by atoms with Crippen molar-refractivity contribution < 1.29 is 9.59 Å². The first kappa shape index (κ1) is 14.7. The van der Waals surface area contributed by atoms with Crippen molar-refractivity contribution in [2.24, 2.45) is 5.41 Å². The average molecular weight is 274 g/mol. The maximum Gasteiger partial charge on any atom is 0.235 e. The third-order valence-electron chi connectivity index (χ3n) is 4.13. The van der Waals surface area contributed by atoms with Gasteiger partial charge >= 0.3 is 0 Å². The molecule has 1 aromatic heterocycles. The maximum absolute atomic E-state index is 12.3. The van der Waals surface area contributed by atoms with E-state index in [9.17, 15) is 9.59 Å². The highest BCUT2D eigenvalue weighted by atomic mass is 16.2. The number of carbonyl (C=O) groups is 2. The topological polar surface area (TPSA) is 59.1 Å². The second-order valence-electron chi connectivity index (χ2n) is 5.61. The number of amides is 2.